The molecule has 1 rings (SSSR count). The van der Waals surface area contributed by atoms with Gasteiger partial charge in [-0.05, 0) is 30.2 Å². The molecule has 0 aliphatic carbocycles. The van der Waals surface area contributed by atoms with E-state index in [1.807, 2.05) is 18.6 Å². The van der Waals surface area contributed by atoms with E-state index < -0.39 is 11.7 Å². The Bertz CT molecular complexity index is 478. The summed E-state index contributed by atoms with van der Waals surface area (Å²) in [4.78, 5) is 0. The summed E-state index contributed by atoms with van der Waals surface area (Å²) in [6.07, 6.45) is -0.697. The number of hydrogen-bond donors (Lipinski definition) is 0. The summed E-state index contributed by atoms with van der Waals surface area (Å²) in [5.41, 5.74) is 0.200. The van der Waals surface area contributed by atoms with Crippen molar-refractivity contribution < 1.29 is 13.2 Å². The molecule has 0 N–H and O–H groups in total. The molecule has 0 saturated heterocycles. The first-order valence-corrected chi connectivity index (χ1v) is 7.29. The van der Waals surface area contributed by atoms with E-state index in [1.54, 1.807) is 0 Å². The van der Waals surface area contributed by atoms with Crippen LogP contribution in [0.1, 0.15) is 11.1 Å². The maximum absolute atomic E-state index is 12.4. The molecule has 6 heteroatoms. The molecule has 0 saturated carbocycles. The van der Waals surface area contributed by atoms with E-state index in [0.717, 1.165) is 16.4 Å². The number of benzene rings is 1. The Hall–Kier alpha value is -1.06. The summed E-state index contributed by atoms with van der Waals surface area (Å²) in [6.45, 7) is 0. The number of hydrogen-bond acceptors (Lipinski definition) is 3. The van der Waals surface area contributed by atoms with E-state index in [4.69, 9.17) is 5.26 Å². The van der Waals surface area contributed by atoms with Crippen LogP contribution in [0.4, 0.5) is 13.2 Å². The maximum Gasteiger partial charge on any atom is 0.416 e. The summed E-state index contributed by atoms with van der Waals surface area (Å²) in [5, 5.41) is 9.08. The van der Waals surface area contributed by atoms with Gasteiger partial charge in [0.1, 0.15) is 6.07 Å². The fraction of sp³-hybridized carbons (Fsp3) is 0.250. The van der Waals surface area contributed by atoms with Gasteiger partial charge in [0.15, 0.2) is 0 Å². The van der Waals surface area contributed by atoms with Crippen molar-refractivity contribution in [2.75, 3.05) is 12.5 Å². The summed E-state index contributed by atoms with van der Waals surface area (Å²) in [6, 6.07) is 6.67. The first-order chi connectivity index (χ1) is 8.43. The van der Waals surface area contributed by atoms with Gasteiger partial charge in [0.05, 0.1) is 15.4 Å². The Morgan fingerprint density at radius 3 is 1.94 bits per heavy atom. The van der Waals surface area contributed by atoms with E-state index >= 15 is 0 Å². The van der Waals surface area contributed by atoms with Crippen molar-refractivity contribution in [3.05, 3.63) is 39.6 Å². The van der Waals surface area contributed by atoms with Gasteiger partial charge in [-0.3, -0.25) is 0 Å². The molecule has 0 bridgehead atoms. The fourth-order valence-electron chi connectivity index (χ4n) is 1.34. The zero-order valence-electron chi connectivity index (χ0n) is 9.71. The normalized spacial score (nSPS) is 10.9. The molecule has 0 heterocycles. The highest BCUT2D eigenvalue weighted by atomic mass is 32.2. The van der Waals surface area contributed by atoms with Crippen LogP contribution < -0.4 is 0 Å². The molecule has 0 aliphatic rings. The molecule has 0 atom stereocenters. The lowest BCUT2D eigenvalue weighted by atomic mass is 10.1. The minimum Gasteiger partial charge on any atom is -0.192 e. The van der Waals surface area contributed by atoms with E-state index in [2.05, 4.69) is 0 Å². The van der Waals surface area contributed by atoms with E-state index in [9.17, 15) is 13.2 Å². The zero-order chi connectivity index (χ0) is 13.8. The Balaban J connectivity index is 3.20. The Morgan fingerprint density at radius 1 is 1.11 bits per heavy atom. The third-order valence-electron chi connectivity index (χ3n) is 2.19. The Labute approximate surface area is 112 Å². The molecule has 1 nitrogen and oxygen atoms in total. The molecule has 0 unspecified atom stereocenters. The number of allylic oxidation sites excluding steroid dienone is 1. The molecular weight excluding hydrogens is 279 g/mol. The van der Waals surface area contributed by atoms with Crippen LogP contribution in [0.3, 0.4) is 0 Å². The van der Waals surface area contributed by atoms with Crippen LogP contribution in [0.2, 0.25) is 0 Å². The second-order valence-corrected chi connectivity index (χ2v) is 5.15. The topological polar surface area (TPSA) is 23.8 Å². The van der Waals surface area contributed by atoms with E-state index in [-0.39, 0.29) is 0 Å². The summed E-state index contributed by atoms with van der Waals surface area (Å²) < 4.78 is 38.0. The predicted octanol–water partition coefficient (Wildman–Crippen LogP) is 4.62. The van der Waals surface area contributed by atoms with Gasteiger partial charge in [0.25, 0.3) is 0 Å². The highest BCUT2D eigenvalue weighted by molar-refractivity contribution is 8.21. The van der Waals surface area contributed by atoms with E-state index in [0.29, 0.717) is 11.1 Å². The van der Waals surface area contributed by atoms with Gasteiger partial charge in [-0.15, -0.1) is 23.5 Å². The lowest BCUT2D eigenvalue weighted by Gasteiger charge is -2.08. The lowest BCUT2D eigenvalue weighted by molar-refractivity contribution is -0.137. The molecule has 1 aromatic rings. The van der Waals surface area contributed by atoms with Crippen LogP contribution in [0.25, 0.3) is 5.57 Å². The van der Waals surface area contributed by atoms with Gasteiger partial charge in [-0.25, -0.2) is 0 Å². The van der Waals surface area contributed by atoms with Crippen molar-refractivity contribution in [1.82, 2.24) is 0 Å². The average molecular weight is 289 g/mol. The summed E-state index contributed by atoms with van der Waals surface area (Å²) in [5.74, 6) is 0. The number of nitriles is 1. The minimum atomic E-state index is -4.35. The molecule has 1 aromatic carbocycles. The lowest BCUT2D eigenvalue weighted by Crippen LogP contribution is -2.04. The Kier molecular flexibility index (Phi) is 5.17. The predicted molar refractivity (Wildman–Crippen MR) is 71.0 cm³/mol. The first kappa shape index (κ1) is 15.0. The van der Waals surface area contributed by atoms with Crippen LogP contribution in [0.5, 0.6) is 0 Å². The second kappa shape index (κ2) is 6.21. The molecular formula is C12H10F3NS2. The first-order valence-electron chi connectivity index (χ1n) is 4.84. The number of thioether (sulfide) groups is 2. The van der Waals surface area contributed by atoms with Crippen molar-refractivity contribution in [1.29, 1.82) is 5.26 Å². The van der Waals surface area contributed by atoms with Gasteiger partial charge >= 0.3 is 6.18 Å². The number of nitrogens with zero attached hydrogens (tertiary/aromatic N) is 1. The number of rotatable bonds is 3. The molecule has 0 aromatic heterocycles. The van der Waals surface area contributed by atoms with E-state index in [1.165, 1.54) is 35.7 Å². The van der Waals surface area contributed by atoms with Crippen molar-refractivity contribution in [3.63, 3.8) is 0 Å². The minimum absolute atomic E-state index is 0.406. The molecule has 0 radical (unpaired) electrons. The quantitative estimate of drug-likeness (QED) is 0.758. The zero-order valence-corrected chi connectivity index (χ0v) is 11.3. The second-order valence-electron chi connectivity index (χ2n) is 3.26. The number of halogens is 3. The van der Waals surface area contributed by atoms with Gasteiger partial charge in [0, 0.05) is 0 Å². The summed E-state index contributed by atoms with van der Waals surface area (Å²) in [7, 11) is 0. The third kappa shape index (κ3) is 3.47. The maximum atomic E-state index is 12.4. The largest absolute Gasteiger partial charge is 0.416 e. The molecule has 0 aliphatic heterocycles. The monoisotopic (exact) mass is 289 g/mol. The SMILES string of the molecule is CSC(SC)=C(C#N)c1ccc(C(F)(F)F)cc1. The van der Waals surface area contributed by atoms with Crippen LogP contribution >= 0.6 is 23.5 Å². The molecule has 96 valence electrons. The number of alkyl halides is 3. The van der Waals surface area contributed by atoms with Gasteiger partial charge in [-0.1, -0.05) is 12.1 Å². The van der Waals surface area contributed by atoms with Gasteiger partial charge in [0.2, 0.25) is 0 Å². The van der Waals surface area contributed by atoms with Crippen LogP contribution in [-0.4, -0.2) is 12.5 Å². The molecule has 0 amide bonds. The molecule has 0 spiro atoms. The smallest absolute Gasteiger partial charge is 0.192 e. The van der Waals surface area contributed by atoms with Crippen molar-refractivity contribution >= 4 is 29.1 Å². The standard InChI is InChI=1S/C12H10F3NS2/c1-17-11(18-2)10(7-16)8-3-5-9(6-4-8)12(13,14)15/h3-6H,1-2H3. The van der Waals surface area contributed by atoms with Crippen molar-refractivity contribution in [2.45, 2.75) is 6.18 Å². The Morgan fingerprint density at radius 2 is 1.61 bits per heavy atom. The van der Waals surface area contributed by atoms with Crippen LogP contribution in [-0.2, 0) is 6.18 Å². The fourth-order valence-corrected chi connectivity index (χ4v) is 2.74. The van der Waals surface area contributed by atoms with Gasteiger partial charge < -0.3 is 0 Å². The third-order valence-corrected chi connectivity index (χ3v) is 4.34. The highest BCUT2D eigenvalue weighted by Crippen LogP contribution is 2.34. The summed E-state index contributed by atoms with van der Waals surface area (Å²) >= 11 is 2.81. The average Bonchev–Trinajstić information content (AvgIpc) is 2.35. The van der Waals surface area contributed by atoms with Crippen molar-refractivity contribution in [3.8, 4) is 6.07 Å². The van der Waals surface area contributed by atoms with Gasteiger partial charge in [-0.2, -0.15) is 18.4 Å². The molecule has 0 fully saturated rings. The van der Waals surface area contributed by atoms with Crippen LogP contribution in [0, 0.1) is 11.3 Å². The van der Waals surface area contributed by atoms with Crippen LogP contribution in [0.15, 0.2) is 28.5 Å². The molecule has 18 heavy (non-hydrogen) atoms. The van der Waals surface area contributed by atoms with Crippen molar-refractivity contribution in [2.24, 2.45) is 0 Å². The highest BCUT2D eigenvalue weighted by Gasteiger charge is 2.30.